The second-order valence-electron chi connectivity index (χ2n) is 8.66. The Morgan fingerprint density at radius 3 is 2.90 bits per heavy atom. The number of likely N-dealkylation sites (tertiary alicyclic amines) is 1. The van der Waals surface area contributed by atoms with Crippen molar-refractivity contribution < 1.29 is 14.3 Å². The van der Waals surface area contributed by atoms with Gasteiger partial charge in [-0.1, -0.05) is 19.1 Å². The second-order valence-corrected chi connectivity index (χ2v) is 8.66. The molecule has 2 fully saturated rings. The van der Waals surface area contributed by atoms with Gasteiger partial charge in [0, 0.05) is 54.7 Å². The van der Waals surface area contributed by atoms with E-state index in [1.807, 2.05) is 0 Å². The number of nitrogens with one attached hydrogen (secondary N) is 1. The topological polar surface area (TPSA) is 57.8 Å². The lowest BCUT2D eigenvalue weighted by molar-refractivity contribution is -0.148. The summed E-state index contributed by atoms with van der Waals surface area (Å²) in [5.74, 6) is 0.280. The van der Waals surface area contributed by atoms with Crippen LogP contribution in [-0.4, -0.2) is 73.3 Å². The molecule has 1 unspecified atom stereocenters. The van der Waals surface area contributed by atoms with E-state index < -0.39 is 0 Å². The molecule has 3 aliphatic rings. The monoisotopic (exact) mass is 397 g/mol. The highest BCUT2D eigenvalue weighted by Crippen LogP contribution is 2.46. The minimum absolute atomic E-state index is 0.0373. The maximum absolute atomic E-state index is 12.3. The zero-order valence-electron chi connectivity index (χ0n) is 17.4. The van der Waals surface area contributed by atoms with Crippen LogP contribution in [0, 0.1) is 5.92 Å². The molecular formula is C23H31N3O3. The van der Waals surface area contributed by atoms with E-state index in [2.05, 4.69) is 39.9 Å². The number of esters is 1. The molecule has 0 bridgehead atoms. The van der Waals surface area contributed by atoms with Gasteiger partial charge in [0.1, 0.15) is 0 Å². The van der Waals surface area contributed by atoms with Crippen LogP contribution in [0.2, 0.25) is 0 Å². The Morgan fingerprint density at radius 1 is 1.31 bits per heavy atom. The van der Waals surface area contributed by atoms with Crippen LogP contribution in [0.3, 0.4) is 0 Å². The number of ether oxygens (including phenoxy) is 2. The summed E-state index contributed by atoms with van der Waals surface area (Å²) in [5, 5.41) is 1.40. The lowest BCUT2D eigenvalue weighted by Crippen LogP contribution is -2.51. The minimum atomic E-state index is -0.0676. The normalized spacial score (nSPS) is 27.7. The van der Waals surface area contributed by atoms with Crippen molar-refractivity contribution in [1.29, 1.82) is 0 Å². The van der Waals surface area contributed by atoms with E-state index in [1.54, 1.807) is 0 Å². The van der Waals surface area contributed by atoms with Crippen LogP contribution in [0.25, 0.3) is 10.9 Å². The first-order valence-corrected chi connectivity index (χ1v) is 10.9. The van der Waals surface area contributed by atoms with E-state index >= 15 is 0 Å². The molecule has 0 amide bonds. The van der Waals surface area contributed by atoms with Crippen LogP contribution >= 0.6 is 0 Å². The number of piperidine rings is 1. The van der Waals surface area contributed by atoms with Gasteiger partial charge in [0.05, 0.1) is 26.2 Å². The molecule has 1 aliphatic carbocycles. The van der Waals surface area contributed by atoms with E-state index in [0.29, 0.717) is 12.0 Å². The smallest absolute Gasteiger partial charge is 0.309 e. The highest BCUT2D eigenvalue weighted by molar-refractivity contribution is 5.90. The average molecular weight is 398 g/mol. The average Bonchev–Trinajstić information content (AvgIpc) is 3.11. The molecule has 1 aromatic heterocycles. The van der Waals surface area contributed by atoms with Gasteiger partial charge in [-0.2, -0.15) is 0 Å². The molecule has 156 valence electrons. The third-order valence-corrected chi connectivity index (χ3v) is 7.21. The van der Waals surface area contributed by atoms with Gasteiger partial charge < -0.3 is 14.5 Å². The Kier molecular flexibility index (Phi) is 5.10. The number of hydrogen-bond donors (Lipinski definition) is 1. The first-order chi connectivity index (χ1) is 14.2. The van der Waals surface area contributed by atoms with Crippen molar-refractivity contribution in [2.75, 3.05) is 46.5 Å². The van der Waals surface area contributed by atoms with Crippen LogP contribution in [-0.2, 0) is 27.2 Å². The van der Waals surface area contributed by atoms with E-state index in [-0.39, 0.29) is 11.9 Å². The Balaban J connectivity index is 1.53. The number of aromatic nitrogens is 1. The highest BCUT2D eigenvalue weighted by atomic mass is 16.5. The Labute approximate surface area is 172 Å². The third kappa shape index (κ3) is 3.27. The number of nitrogens with zero attached hydrogens (tertiary/aromatic N) is 2. The quantitative estimate of drug-likeness (QED) is 0.804. The molecule has 29 heavy (non-hydrogen) atoms. The minimum Gasteiger partial charge on any atom is -0.469 e. The predicted octanol–water partition coefficient (Wildman–Crippen LogP) is 2.52. The Bertz CT molecular complexity index is 902. The highest BCUT2D eigenvalue weighted by Gasteiger charge is 2.43. The molecule has 0 radical (unpaired) electrons. The molecule has 1 aromatic carbocycles. The number of benzene rings is 1. The second kappa shape index (κ2) is 7.74. The molecule has 2 saturated heterocycles. The number of morpholine rings is 1. The lowest BCUT2D eigenvalue weighted by atomic mass is 9.72. The van der Waals surface area contributed by atoms with Gasteiger partial charge in [-0.15, -0.1) is 0 Å². The fourth-order valence-electron chi connectivity index (χ4n) is 5.78. The van der Waals surface area contributed by atoms with Gasteiger partial charge in [0.25, 0.3) is 0 Å². The van der Waals surface area contributed by atoms with Crippen LogP contribution < -0.4 is 0 Å². The zero-order chi connectivity index (χ0) is 20.0. The standard InChI is InChI=1S/C23H31N3O3/c1-3-26-13-15(23(27)28-2)11-17-16-5-4-6-19-22(16)18(12-21(17)26)20(24-19)14-25-7-9-29-10-8-25/h4-6,15,17,21,24H,3,7-14H2,1-2H3/t15-,17?,21+/m0/s1. The van der Waals surface area contributed by atoms with Crippen molar-refractivity contribution in [2.45, 2.75) is 38.3 Å². The maximum atomic E-state index is 12.3. The van der Waals surface area contributed by atoms with Gasteiger partial charge in [0.2, 0.25) is 0 Å². The Hall–Kier alpha value is -1.89. The van der Waals surface area contributed by atoms with Gasteiger partial charge in [-0.05, 0) is 36.6 Å². The van der Waals surface area contributed by atoms with Gasteiger partial charge in [0.15, 0.2) is 0 Å². The van der Waals surface area contributed by atoms with Crippen molar-refractivity contribution in [3.63, 3.8) is 0 Å². The number of hydrogen-bond acceptors (Lipinski definition) is 5. The van der Waals surface area contributed by atoms with Crippen molar-refractivity contribution in [3.8, 4) is 0 Å². The molecule has 0 spiro atoms. The number of aromatic amines is 1. The van der Waals surface area contributed by atoms with Crippen molar-refractivity contribution >= 4 is 16.9 Å². The van der Waals surface area contributed by atoms with Crippen molar-refractivity contribution in [2.24, 2.45) is 5.92 Å². The molecule has 1 N–H and O–H groups in total. The molecule has 2 aliphatic heterocycles. The molecule has 0 saturated carbocycles. The summed E-state index contributed by atoms with van der Waals surface area (Å²) in [7, 11) is 1.51. The molecule has 3 atom stereocenters. The fraction of sp³-hybridized carbons (Fsp3) is 0.609. The molecule has 6 heteroatoms. The number of likely N-dealkylation sites (N-methyl/N-ethyl adjacent to an activating group) is 1. The summed E-state index contributed by atoms with van der Waals surface area (Å²) in [5.41, 5.74) is 5.49. The Morgan fingerprint density at radius 2 is 2.14 bits per heavy atom. The van der Waals surface area contributed by atoms with Gasteiger partial charge in [-0.25, -0.2) is 0 Å². The van der Waals surface area contributed by atoms with Crippen molar-refractivity contribution in [3.05, 3.63) is 35.0 Å². The number of rotatable bonds is 4. The summed E-state index contributed by atoms with van der Waals surface area (Å²) < 4.78 is 10.6. The number of methoxy groups -OCH3 is 1. The van der Waals surface area contributed by atoms with Crippen LogP contribution in [0.1, 0.15) is 36.1 Å². The number of carbonyl (C=O) groups excluding carboxylic acids is 1. The molecule has 2 aromatic rings. The van der Waals surface area contributed by atoms with Crippen LogP contribution in [0.15, 0.2) is 18.2 Å². The molecular weight excluding hydrogens is 366 g/mol. The van der Waals surface area contributed by atoms with Crippen LogP contribution in [0.4, 0.5) is 0 Å². The molecule has 5 rings (SSSR count). The largest absolute Gasteiger partial charge is 0.469 e. The predicted molar refractivity (Wildman–Crippen MR) is 112 cm³/mol. The maximum Gasteiger partial charge on any atom is 0.309 e. The molecule has 3 heterocycles. The number of H-pyrrole nitrogens is 1. The first kappa shape index (κ1) is 19.1. The van der Waals surface area contributed by atoms with E-state index in [4.69, 9.17) is 9.47 Å². The summed E-state index contributed by atoms with van der Waals surface area (Å²) in [4.78, 5) is 21.1. The summed E-state index contributed by atoms with van der Waals surface area (Å²) in [6.45, 7) is 8.57. The van der Waals surface area contributed by atoms with E-state index in [9.17, 15) is 4.79 Å². The number of fused-ring (bicyclic) bond motifs is 2. The summed E-state index contributed by atoms with van der Waals surface area (Å²) in [6, 6.07) is 7.10. The van der Waals surface area contributed by atoms with Crippen LogP contribution in [0.5, 0.6) is 0 Å². The van der Waals surface area contributed by atoms with Gasteiger partial charge in [-0.3, -0.25) is 14.6 Å². The van der Waals surface area contributed by atoms with E-state index in [0.717, 1.165) is 58.8 Å². The van der Waals surface area contributed by atoms with Crippen molar-refractivity contribution in [1.82, 2.24) is 14.8 Å². The third-order valence-electron chi connectivity index (χ3n) is 7.21. The SMILES string of the molecule is CCN1C[C@@H](C(=O)OC)CC2c3cccc4[nH]c(CN5CCOCC5)c(c34)C[C@H]21. The molecule has 6 nitrogen and oxygen atoms in total. The summed E-state index contributed by atoms with van der Waals surface area (Å²) in [6.07, 6.45) is 1.94. The van der Waals surface area contributed by atoms with Gasteiger partial charge >= 0.3 is 5.97 Å². The lowest BCUT2D eigenvalue weighted by Gasteiger charge is -2.46. The number of carbonyl (C=O) groups is 1. The fourth-order valence-corrected chi connectivity index (χ4v) is 5.78. The summed E-state index contributed by atoms with van der Waals surface area (Å²) >= 11 is 0. The first-order valence-electron chi connectivity index (χ1n) is 10.9. The van der Waals surface area contributed by atoms with E-state index in [1.165, 1.54) is 34.8 Å². The zero-order valence-corrected chi connectivity index (χ0v) is 17.4.